The predicted octanol–water partition coefficient (Wildman–Crippen LogP) is 6.28. The van der Waals surface area contributed by atoms with Crippen LogP contribution in [0.25, 0.3) is 5.70 Å². The number of carbonyl (C=O) groups is 1. The summed E-state index contributed by atoms with van der Waals surface area (Å²) < 4.78 is 1.79. The summed E-state index contributed by atoms with van der Waals surface area (Å²) in [6.07, 6.45) is 2.13. The number of nitrogens with zero attached hydrogens (tertiary/aromatic N) is 3. The topological polar surface area (TPSA) is 71.8 Å². The molecule has 34 heavy (non-hydrogen) atoms. The van der Waals surface area contributed by atoms with Gasteiger partial charge >= 0.3 is 0 Å². The Kier molecular flexibility index (Phi) is 6.72. The highest BCUT2D eigenvalue weighted by Gasteiger charge is 2.26. The van der Waals surface area contributed by atoms with Gasteiger partial charge in [0.05, 0.1) is 0 Å². The van der Waals surface area contributed by atoms with Crippen LogP contribution in [0.2, 0.25) is 5.02 Å². The molecule has 0 spiro atoms. The average molecular weight is 492 g/mol. The van der Waals surface area contributed by atoms with Crippen molar-refractivity contribution in [3.8, 4) is 0 Å². The van der Waals surface area contributed by atoms with Gasteiger partial charge in [0.1, 0.15) is 6.04 Å². The van der Waals surface area contributed by atoms with Crippen LogP contribution in [0.1, 0.15) is 38.7 Å². The quantitative estimate of drug-likeness (QED) is 0.352. The van der Waals surface area contributed by atoms with Gasteiger partial charge in [-0.2, -0.15) is 4.98 Å². The van der Waals surface area contributed by atoms with Gasteiger partial charge in [-0.25, -0.2) is 4.68 Å². The minimum absolute atomic E-state index is 0. The van der Waals surface area contributed by atoms with Crippen molar-refractivity contribution in [2.45, 2.75) is 19.9 Å². The molecule has 0 bridgehead atoms. The highest BCUT2D eigenvalue weighted by atomic mass is 35.5. The number of carbonyl (C=O) groups excluding carboxylic acids is 1. The second-order valence-corrected chi connectivity index (χ2v) is 8.53. The van der Waals surface area contributed by atoms with Crippen LogP contribution >= 0.6 is 24.0 Å². The molecule has 6 nitrogen and oxygen atoms in total. The number of fused-ring (bicyclic) bond motifs is 1. The molecule has 1 aromatic heterocycles. The number of nitrogens with one attached hydrogen (secondary N) is 2. The Morgan fingerprint density at radius 3 is 2.21 bits per heavy atom. The van der Waals surface area contributed by atoms with Crippen molar-refractivity contribution >= 4 is 47.5 Å². The van der Waals surface area contributed by atoms with Crippen LogP contribution < -0.4 is 10.6 Å². The summed E-state index contributed by atoms with van der Waals surface area (Å²) in [4.78, 5) is 17.2. The van der Waals surface area contributed by atoms with E-state index < -0.39 is 0 Å². The molecule has 1 aliphatic rings. The summed E-state index contributed by atoms with van der Waals surface area (Å²) in [6.45, 7) is 4.12. The van der Waals surface area contributed by atoms with Gasteiger partial charge < -0.3 is 5.32 Å². The third-order valence-electron chi connectivity index (χ3n) is 5.58. The Labute approximate surface area is 209 Å². The predicted molar refractivity (Wildman–Crippen MR) is 139 cm³/mol. The molecule has 0 saturated heterocycles. The van der Waals surface area contributed by atoms with Gasteiger partial charge in [-0.3, -0.25) is 10.1 Å². The lowest BCUT2D eigenvalue weighted by atomic mass is 10.0. The highest BCUT2D eigenvalue weighted by molar-refractivity contribution is 6.30. The van der Waals surface area contributed by atoms with E-state index >= 15 is 0 Å². The first-order valence-corrected chi connectivity index (χ1v) is 11.0. The van der Waals surface area contributed by atoms with Crippen molar-refractivity contribution in [2.75, 3.05) is 10.6 Å². The van der Waals surface area contributed by atoms with Crippen LogP contribution in [0.3, 0.4) is 0 Å². The highest BCUT2D eigenvalue weighted by Crippen LogP contribution is 2.33. The third-order valence-corrected chi connectivity index (χ3v) is 5.83. The van der Waals surface area contributed by atoms with Gasteiger partial charge in [0.2, 0.25) is 5.95 Å². The van der Waals surface area contributed by atoms with Crippen molar-refractivity contribution in [1.82, 2.24) is 14.8 Å². The van der Waals surface area contributed by atoms with Crippen molar-refractivity contribution < 1.29 is 4.79 Å². The number of halogens is 2. The van der Waals surface area contributed by atoms with E-state index in [0.29, 0.717) is 16.5 Å². The molecule has 5 rings (SSSR count). The maximum absolute atomic E-state index is 12.7. The molecule has 8 heteroatoms. The Bertz CT molecular complexity index is 1340. The second-order valence-electron chi connectivity index (χ2n) is 8.09. The maximum Gasteiger partial charge on any atom is 0.258 e. The SMILES string of the molecule is Cc1ccc(C2=CC(c3ccc(C)cc3)n3nc(NC(=O)c4ccc(Cl)cc4)nc3N2)cc1.Cl. The van der Waals surface area contributed by atoms with Gasteiger partial charge in [-0.05, 0) is 55.3 Å². The Hall–Kier alpha value is -3.61. The Morgan fingerprint density at radius 2 is 1.56 bits per heavy atom. The third kappa shape index (κ3) is 4.83. The molecule has 0 aliphatic carbocycles. The van der Waals surface area contributed by atoms with Crippen LogP contribution in [-0.4, -0.2) is 20.7 Å². The Balaban J connectivity index is 0.00000274. The fraction of sp³-hybridized carbons (Fsp3) is 0.115. The van der Waals surface area contributed by atoms with E-state index in [1.807, 2.05) is 0 Å². The molecule has 2 heterocycles. The number of anilines is 2. The first-order valence-electron chi connectivity index (χ1n) is 10.6. The zero-order chi connectivity index (χ0) is 22.9. The molecule has 4 aromatic rings. The van der Waals surface area contributed by atoms with Crippen molar-refractivity contribution in [3.05, 3.63) is 112 Å². The summed E-state index contributed by atoms with van der Waals surface area (Å²) in [5.41, 5.74) is 5.93. The summed E-state index contributed by atoms with van der Waals surface area (Å²) in [7, 11) is 0. The molecule has 3 aromatic carbocycles. The molecule has 0 fully saturated rings. The number of aryl methyl sites for hydroxylation is 2. The van der Waals surface area contributed by atoms with E-state index in [1.54, 1.807) is 28.9 Å². The van der Waals surface area contributed by atoms with Crippen LogP contribution in [0, 0.1) is 13.8 Å². The summed E-state index contributed by atoms with van der Waals surface area (Å²) >= 11 is 5.93. The molecule has 2 N–H and O–H groups in total. The molecule has 1 aliphatic heterocycles. The van der Waals surface area contributed by atoms with Crippen molar-refractivity contribution in [3.63, 3.8) is 0 Å². The van der Waals surface area contributed by atoms with Gasteiger partial charge in [-0.1, -0.05) is 71.3 Å². The lowest BCUT2D eigenvalue weighted by Gasteiger charge is -2.24. The number of aromatic nitrogens is 3. The molecule has 172 valence electrons. The number of hydrogen-bond donors (Lipinski definition) is 2. The normalized spacial score (nSPS) is 14.3. The fourth-order valence-electron chi connectivity index (χ4n) is 3.72. The maximum atomic E-state index is 12.7. The van der Waals surface area contributed by atoms with E-state index in [2.05, 4.69) is 89.2 Å². The van der Waals surface area contributed by atoms with E-state index in [-0.39, 0.29) is 30.3 Å². The van der Waals surface area contributed by atoms with Crippen LogP contribution in [0.5, 0.6) is 0 Å². The summed E-state index contributed by atoms with van der Waals surface area (Å²) in [5.74, 6) is 0.492. The van der Waals surface area contributed by atoms with Crippen molar-refractivity contribution in [2.24, 2.45) is 0 Å². The van der Waals surface area contributed by atoms with E-state index in [4.69, 9.17) is 11.6 Å². The van der Waals surface area contributed by atoms with E-state index in [0.717, 1.165) is 16.8 Å². The fourth-order valence-corrected chi connectivity index (χ4v) is 3.85. The zero-order valence-electron chi connectivity index (χ0n) is 18.6. The van der Waals surface area contributed by atoms with Crippen LogP contribution in [0.4, 0.5) is 11.9 Å². The summed E-state index contributed by atoms with van der Waals surface area (Å²) in [6, 6.07) is 23.2. The number of benzene rings is 3. The van der Waals surface area contributed by atoms with Crippen molar-refractivity contribution in [1.29, 1.82) is 0 Å². The number of allylic oxidation sites excluding steroid dienone is 1. The van der Waals surface area contributed by atoms with Gasteiger partial charge in [0.25, 0.3) is 11.9 Å². The molecule has 1 amide bonds. The van der Waals surface area contributed by atoms with Crippen LogP contribution in [-0.2, 0) is 0 Å². The monoisotopic (exact) mass is 491 g/mol. The van der Waals surface area contributed by atoms with E-state index in [1.165, 1.54) is 11.1 Å². The smallest absolute Gasteiger partial charge is 0.258 e. The largest absolute Gasteiger partial charge is 0.324 e. The first-order chi connectivity index (χ1) is 16.0. The van der Waals surface area contributed by atoms with Crippen LogP contribution in [0.15, 0.2) is 78.9 Å². The molecule has 0 radical (unpaired) electrons. The summed E-state index contributed by atoms with van der Waals surface area (Å²) in [5, 5.41) is 11.3. The van der Waals surface area contributed by atoms with Gasteiger partial charge in [0, 0.05) is 16.3 Å². The number of amides is 1. The zero-order valence-corrected chi connectivity index (χ0v) is 20.2. The molecule has 0 saturated carbocycles. The number of rotatable bonds is 4. The Morgan fingerprint density at radius 1 is 0.941 bits per heavy atom. The average Bonchev–Trinajstić information content (AvgIpc) is 3.22. The van der Waals surface area contributed by atoms with Gasteiger partial charge in [0.15, 0.2) is 0 Å². The molecular weight excluding hydrogens is 469 g/mol. The lowest BCUT2D eigenvalue weighted by molar-refractivity contribution is 0.102. The standard InChI is InChI=1S/C26H22ClN5O.ClH/c1-16-3-7-18(8-4-16)22-15-23(19-9-5-17(2)6-10-19)32-26(28-22)30-25(31-32)29-24(33)20-11-13-21(27)14-12-20;/h3-15,23H,1-2H3,(H2,28,29,30,31,33);1H. The number of hydrogen-bond acceptors (Lipinski definition) is 4. The molecular formula is C26H23Cl2N5O. The lowest BCUT2D eigenvalue weighted by Crippen LogP contribution is -2.20. The second kappa shape index (κ2) is 9.71. The molecule has 1 unspecified atom stereocenters. The molecule has 1 atom stereocenters. The van der Waals surface area contributed by atoms with Gasteiger partial charge in [-0.15, -0.1) is 17.5 Å². The minimum Gasteiger partial charge on any atom is -0.324 e. The first kappa shape index (κ1) is 23.5. The van der Waals surface area contributed by atoms with E-state index in [9.17, 15) is 4.79 Å². The minimum atomic E-state index is -0.298.